The Morgan fingerprint density at radius 2 is 2.58 bits per heavy atom. The lowest BCUT2D eigenvalue weighted by molar-refractivity contribution is 0.855. The van der Waals surface area contributed by atoms with Gasteiger partial charge in [-0.3, -0.25) is 0 Å². The zero-order valence-corrected chi connectivity index (χ0v) is 8.26. The lowest BCUT2D eigenvalue weighted by Crippen LogP contribution is -2.39. The van der Waals surface area contributed by atoms with Crippen molar-refractivity contribution in [3.05, 3.63) is 16.1 Å². The third-order valence-electron chi connectivity index (χ3n) is 1.20. The maximum Gasteiger partial charge on any atom is 0.180 e. The maximum atomic E-state index is 5.07. The van der Waals surface area contributed by atoms with Gasteiger partial charge >= 0.3 is 0 Å². The van der Waals surface area contributed by atoms with Gasteiger partial charge in [-0.05, 0) is 19.1 Å². The first kappa shape index (κ1) is 9.37. The molecule has 66 valence electrons. The van der Waals surface area contributed by atoms with E-state index in [0.717, 1.165) is 10.7 Å². The first-order chi connectivity index (χ1) is 5.72. The molecule has 6 heteroatoms. The number of aromatic nitrogens is 1. The largest absolute Gasteiger partial charge is 0.355 e. The highest BCUT2D eigenvalue weighted by Gasteiger charge is 1.98. The number of rotatable bonds is 2. The second kappa shape index (κ2) is 4.34. The van der Waals surface area contributed by atoms with Gasteiger partial charge in [-0.25, -0.2) is 10.8 Å². The molecule has 0 fully saturated rings. The SMILES string of the molecule is Cc1csc(CNC(=S)NN)n1. The number of aryl methyl sites for hydroxylation is 1. The predicted molar refractivity (Wildman–Crippen MR) is 53.6 cm³/mol. The summed E-state index contributed by atoms with van der Waals surface area (Å²) in [5.41, 5.74) is 3.37. The van der Waals surface area contributed by atoms with Crippen LogP contribution in [0.5, 0.6) is 0 Å². The van der Waals surface area contributed by atoms with Crippen molar-refractivity contribution in [1.82, 2.24) is 15.7 Å². The monoisotopic (exact) mass is 202 g/mol. The van der Waals surface area contributed by atoms with Gasteiger partial charge in [-0.2, -0.15) is 0 Å². The van der Waals surface area contributed by atoms with E-state index in [4.69, 9.17) is 18.1 Å². The van der Waals surface area contributed by atoms with Crippen molar-refractivity contribution < 1.29 is 0 Å². The molecular formula is C6H10N4S2. The minimum Gasteiger partial charge on any atom is -0.355 e. The van der Waals surface area contributed by atoms with Crippen molar-refractivity contribution in [2.45, 2.75) is 13.5 Å². The van der Waals surface area contributed by atoms with Crippen LogP contribution in [0.25, 0.3) is 0 Å². The molecule has 4 N–H and O–H groups in total. The molecular weight excluding hydrogens is 192 g/mol. The molecule has 0 atom stereocenters. The van der Waals surface area contributed by atoms with E-state index in [-0.39, 0.29) is 0 Å². The molecule has 0 bridgehead atoms. The zero-order chi connectivity index (χ0) is 8.97. The second-order valence-electron chi connectivity index (χ2n) is 2.21. The molecule has 4 nitrogen and oxygen atoms in total. The lowest BCUT2D eigenvalue weighted by atomic mass is 10.6. The van der Waals surface area contributed by atoms with Crippen molar-refractivity contribution in [3.63, 3.8) is 0 Å². The Bertz CT molecular complexity index is 270. The van der Waals surface area contributed by atoms with Crippen LogP contribution in [0.15, 0.2) is 5.38 Å². The standard InChI is InChI=1S/C6H10N4S2/c1-4-3-12-5(9-4)2-8-6(11)10-7/h3H,2,7H2,1H3,(H2,8,10,11). The van der Waals surface area contributed by atoms with E-state index >= 15 is 0 Å². The van der Waals surface area contributed by atoms with Gasteiger partial charge in [0.25, 0.3) is 0 Å². The minimum absolute atomic E-state index is 0.433. The molecule has 0 aliphatic carbocycles. The smallest absolute Gasteiger partial charge is 0.180 e. The molecule has 0 aliphatic rings. The average molecular weight is 202 g/mol. The number of thiazole rings is 1. The van der Waals surface area contributed by atoms with E-state index in [1.54, 1.807) is 11.3 Å². The highest BCUT2D eigenvalue weighted by atomic mass is 32.1. The highest BCUT2D eigenvalue weighted by Crippen LogP contribution is 2.07. The van der Waals surface area contributed by atoms with E-state index in [1.807, 2.05) is 12.3 Å². The summed E-state index contributed by atoms with van der Waals surface area (Å²) in [4.78, 5) is 4.24. The van der Waals surface area contributed by atoms with Gasteiger partial charge in [0, 0.05) is 11.1 Å². The number of nitrogens with two attached hydrogens (primary N) is 1. The Hall–Kier alpha value is -0.720. The van der Waals surface area contributed by atoms with E-state index in [0.29, 0.717) is 11.7 Å². The number of thiocarbonyl (C=S) groups is 1. The van der Waals surface area contributed by atoms with E-state index in [1.165, 1.54) is 0 Å². The number of hydrogen-bond donors (Lipinski definition) is 3. The highest BCUT2D eigenvalue weighted by molar-refractivity contribution is 7.80. The van der Waals surface area contributed by atoms with E-state index < -0.39 is 0 Å². The number of nitrogens with zero attached hydrogens (tertiary/aromatic N) is 1. The van der Waals surface area contributed by atoms with Gasteiger partial charge in [0.15, 0.2) is 5.11 Å². The number of nitrogens with one attached hydrogen (secondary N) is 2. The normalized spacial score (nSPS) is 9.50. The van der Waals surface area contributed by atoms with Crippen molar-refractivity contribution in [3.8, 4) is 0 Å². The summed E-state index contributed by atoms with van der Waals surface area (Å²) in [6, 6.07) is 0. The second-order valence-corrected chi connectivity index (χ2v) is 3.56. The van der Waals surface area contributed by atoms with Crippen LogP contribution < -0.4 is 16.6 Å². The fraction of sp³-hybridized carbons (Fsp3) is 0.333. The molecule has 0 radical (unpaired) electrons. The van der Waals surface area contributed by atoms with E-state index in [9.17, 15) is 0 Å². The quantitative estimate of drug-likeness (QED) is 0.365. The zero-order valence-electron chi connectivity index (χ0n) is 6.63. The first-order valence-electron chi connectivity index (χ1n) is 3.38. The van der Waals surface area contributed by atoms with Crippen molar-refractivity contribution >= 4 is 28.7 Å². The molecule has 0 aliphatic heterocycles. The van der Waals surface area contributed by atoms with Crippen LogP contribution in [-0.4, -0.2) is 10.1 Å². The first-order valence-corrected chi connectivity index (χ1v) is 4.66. The molecule has 0 aromatic carbocycles. The Balaban J connectivity index is 2.38. The molecule has 0 unspecified atom stereocenters. The molecule has 12 heavy (non-hydrogen) atoms. The van der Waals surface area contributed by atoms with Crippen LogP contribution in [0.2, 0.25) is 0 Å². The molecule has 0 saturated heterocycles. The van der Waals surface area contributed by atoms with Crippen LogP contribution in [0.1, 0.15) is 10.7 Å². The van der Waals surface area contributed by atoms with Gasteiger partial charge < -0.3 is 10.7 Å². The summed E-state index contributed by atoms with van der Waals surface area (Å²) < 4.78 is 0. The van der Waals surface area contributed by atoms with Crippen molar-refractivity contribution in [1.29, 1.82) is 0 Å². The number of hydrazine groups is 1. The molecule has 1 heterocycles. The van der Waals surface area contributed by atoms with Crippen molar-refractivity contribution in [2.24, 2.45) is 5.84 Å². The van der Waals surface area contributed by atoms with Gasteiger partial charge in [-0.1, -0.05) is 0 Å². The van der Waals surface area contributed by atoms with Crippen molar-refractivity contribution in [2.75, 3.05) is 0 Å². The Kier molecular flexibility index (Phi) is 3.39. The summed E-state index contributed by atoms with van der Waals surface area (Å²) >= 11 is 6.39. The van der Waals surface area contributed by atoms with Gasteiger partial charge in [0.2, 0.25) is 0 Å². The van der Waals surface area contributed by atoms with Crippen LogP contribution in [0.3, 0.4) is 0 Å². The molecule has 1 aromatic heterocycles. The summed E-state index contributed by atoms with van der Waals surface area (Å²) in [5.74, 6) is 5.07. The Morgan fingerprint density at radius 1 is 1.83 bits per heavy atom. The van der Waals surface area contributed by atoms with Crippen LogP contribution >= 0.6 is 23.6 Å². The molecule has 0 spiro atoms. The fourth-order valence-corrected chi connectivity index (χ4v) is 1.47. The lowest BCUT2D eigenvalue weighted by Gasteiger charge is -2.03. The number of hydrogen-bond acceptors (Lipinski definition) is 4. The van der Waals surface area contributed by atoms with E-state index in [2.05, 4.69) is 15.7 Å². The molecule has 1 rings (SSSR count). The van der Waals surface area contributed by atoms with Crippen LogP contribution in [0.4, 0.5) is 0 Å². The van der Waals surface area contributed by atoms with Gasteiger partial charge in [0.05, 0.1) is 6.54 Å². The summed E-state index contributed by atoms with van der Waals surface area (Å²) in [6.45, 7) is 2.58. The Labute approximate surface area is 80.2 Å². The van der Waals surface area contributed by atoms with Gasteiger partial charge in [-0.15, -0.1) is 11.3 Å². The minimum atomic E-state index is 0.433. The van der Waals surface area contributed by atoms with Crippen LogP contribution in [-0.2, 0) is 6.54 Å². The summed E-state index contributed by atoms with van der Waals surface area (Å²) in [5, 5.41) is 6.34. The average Bonchev–Trinajstić information content (AvgIpc) is 2.47. The summed E-state index contributed by atoms with van der Waals surface area (Å²) in [7, 11) is 0. The molecule has 0 amide bonds. The third-order valence-corrected chi connectivity index (χ3v) is 2.43. The molecule has 0 saturated carbocycles. The third kappa shape index (κ3) is 2.72. The topological polar surface area (TPSA) is 63.0 Å². The predicted octanol–water partition coefficient (Wildman–Crippen LogP) is 0.289. The fourth-order valence-electron chi connectivity index (χ4n) is 0.691. The summed E-state index contributed by atoms with van der Waals surface area (Å²) in [6.07, 6.45) is 0. The van der Waals surface area contributed by atoms with Gasteiger partial charge in [0.1, 0.15) is 5.01 Å². The Morgan fingerprint density at radius 3 is 3.08 bits per heavy atom. The molecule has 1 aromatic rings. The maximum absolute atomic E-state index is 5.07. The van der Waals surface area contributed by atoms with Crippen LogP contribution in [0, 0.1) is 6.92 Å².